The maximum absolute atomic E-state index is 6.26. The van der Waals surface area contributed by atoms with Gasteiger partial charge in [-0.2, -0.15) is 0 Å². The summed E-state index contributed by atoms with van der Waals surface area (Å²) in [5.41, 5.74) is 8.57. The molecule has 1 aromatic carbocycles. The van der Waals surface area contributed by atoms with Crippen LogP contribution in [-0.2, 0) is 4.74 Å². The SMILES string of the molecule is Cc1ccc(N(C)CC2(N)CCOC2)cc1. The van der Waals surface area contributed by atoms with Crippen LogP contribution in [0.4, 0.5) is 5.69 Å². The molecule has 2 rings (SSSR count). The first-order valence-electron chi connectivity index (χ1n) is 5.74. The highest BCUT2D eigenvalue weighted by molar-refractivity contribution is 5.47. The Morgan fingerprint density at radius 2 is 2.06 bits per heavy atom. The molecule has 1 atom stereocenters. The summed E-state index contributed by atoms with van der Waals surface area (Å²) in [5.74, 6) is 0. The largest absolute Gasteiger partial charge is 0.379 e. The van der Waals surface area contributed by atoms with Crippen molar-refractivity contribution in [3.63, 3.8) is 0 Å². The third-order valence-electron chi connectivity index (χ3n) is 3.16. The van der Waals surface area contributed by atoms with Crippen LogP contribution in [0.15, 0.2) is 24.3 Å². The van der Waals surface area contributed by atoms with Crippen molar-refractivity contribution >= 4 is 5.69 Å². The maximum atomic E-state index is 6.26. The molecule has 3 heteroatoms. The Hall–Kier alpha value is -1.06. The van der Waals surface area contributed by atoms with Crippen molar-refractivity contribution < 1.29 is 4.74 Å². The van der Waals surface area contributed by atoms with Crippen molar-refractivity contribution in [2.75, 3.05) is 31.7 Å². The molecule has 0 aliphatic carbocycles. The summed E-state index contributed by atoms with van der Waals surface area (Å²) in [6.07, 6.45) is 0.948. The predicted molar refractivity (Wildman–Crippen MR) is 66.8 cm³/mol. The number of hydrogen-bond donors (Lipinski definition) is 1. The van der Waals surface area contributed by atoms with Gasteiger partial charge in [0, 0.05) is 25.9 Å². The molecular weight excluding hydrogens is 200 g/mol. The maximum Gasteiger partial charge on any atom is 0.0664 e. The Morgan fingerprint density at radius 3 is 2.62 bits per heavy atom. The van der Waals surface area contributed by atoms with Crippen molar-refractivity contribution in [2.24, 2.45) is 5.73 Å². The van der Waals surface area contributed by atoms with Gasteiger partial charge in [0.1, 0.15) is 0 Å². The molecule has 1 aliphatic heterocycles. The number of hydrogen-bond acceptors (Lipinski definition) is 3. The number of ether oxygens (including phenoxy) is 1. The molecular formula is C13H20N2O. The first-order valence-corrected chi connectivity index (χ1v) is 5.74. The van der Waals surface area contributed by atoms with Crippen molar-refractivity contribution in [1.82, 2.24) is 0 Å². The second-order valence-corrected chi connectivity index (χ2v) is 4.86. The third-order valence-corrected chi connectivity index (χ3v) is 3.16. The standard InChI is InChI=1S/C13H20N2O/c1-11-3-5-12(6-4-11)15(2)9-13(14)7-8-16-10-13/h3-6H,7-10,14H2,1-2H3. The van der Waals surface area contributed by atoms with E-state index in [2.05, 4.69) is 43.1 Å². The van der Waals surface area contributed by atoms with Crippen LogP contribution < -0.4 is 10.6 Å². The molecule has 1 fully saturated rings. The van der Waals surface area contributed by atoms with Crippen LogP contribution in [0.3, 0.4) is 0 Å². The highest BCUT2D eigenvalue weighted by Crippen LogP contribution is 2.20. The molecule has 0 aromatic heterocycles. The number of anilines is 1. The Morgan fingerprint density at radius 1 is 1.38 bits per heavy atom. The fraction of sp³-hybridized carbons (Fsp3) is 0.538. The molecule has 16 heavy (non-hydrogen) atoms. The number of nitrogens with zero attached hydrogens (tertiary/aromatic N) is 1. The number of aryl methyl sites for hydroxylation is 1. The van der Waals surface area contributed by atoms with E-state index in [9.17, 15) is 0 Å². The highest BCUT2D eigenvalue weighted by atomic mass is 16.5. The fourth-order valence-corrected chi connectivity index (χ4v) is 2.11. The molecule has 88 valence electrons. The average molecular weight is 220 g/mol. The minimum atomic E-state index is -0.181. The molecule has 0 spiro atoms. The third kappa shape index (κ3) is 2.54. The predicted octanol–water partition coefficient (Wildman–Crippen LogP) is 1.55. The van der Waals surface area contributed by atoms with Crippen LogP contribution in [0.25, 0.3) is 0 Å². The van der Waals surface area contributed by atoms with E-state index in [1.165, 1.54) is 11.3 Å². The van der Waals surface area contributed by atoms with Crippen molar-refractivity contribution in [3.8, 4) is 0 Å². The Kier molecular flexibility index (Phi) is 3.17. The lowest BCUT2D eigenvalue weighted by Gasteiger charge is -2.30. The minimum Gasteiger partial charge on any atom is -0.379 e. The van der Waals surface area contributed by atoms with Gasteiger partial charge in [0.25, 0.3) is 0 Å². The van der Waals surface area contributed by atoms with E-state index in [0.717, 1.165) is 19.6 Å². The molecule has 3 nitrogen and oxygen atoms in total. The van der Waals surface area contributed by atoms with E-state index in [1.54, 1.807) is 0 Å². The molecule has 1 unspecified atom stereocenters. The summed E-state index contributed by atoms with van der Waals surface area (Å²) in [7, 11) is 2.08. The van der Waals surface area contributed by atoms with Gasteiger partial charge in [-0.05, 0) is 25.5 Å². The van der Waals surface area contributed by atoms with Gasteiger partial charge in [-0.25, -0.2) is 0 Å². The monoisotopic (exact) mass is 220 g/mol. The van der Waals surface area contributed by atoms with Gasteiger partial charge in [-0.3, -0.25) is 0 Å². The molecule has 2 N–H and O–H groups in total. The summed E-state index contributed by atoms with van der Waals surface area (Å²) in [6, 6.07) is 8.52. The second-order valence-electron chi connectivity index (χ2n) is 4.86. The lowest BCUT2D eigenvalue weighted by atomic mass is 9.99. The summed E-state index contributed by atoms with van der Waals surface area (Å²) in [6.45, 7) is 4.40. The van der Waals surface area contributed by atoms with E-state index in [-0.39, 0.29) is 5.54 Å². The fourth-order valence-electron chi connectivity index (χ4n) is 2.11. The van der Waals surface area contributed by atoms with Crippen molar-refractivity contribution in [2.45, 2.75) is 18.9 Å². The Balaban J connectivity index is 2.02. The average Bonchev–Trinajstić information content (AvgIpc) is 2.65. The van der Waals surface area contributed by atoms with Crippen LogP contribution in [0.1, 0.15) is 12.0 Å². The van der Waals surface area contributed by atoms with E-state index < -0.39 is 0 Å². The topological polar surface area (TPSA) is 38.5 Å². The summed E-state index contributed by atoms with van der Waals surface area (Å²) < 4.78 is 5.36. The number of rotatable bonds is 3. The normalized spacial score (nSPS) is 24.7. The molecule has 1 heterocycles. The molecule has 0 saturated carbocycles. The number of benzene rings is 1. The number of likely N-dealkylation sites (N-methyl/N-ethyl adjacent to an activating group) is 1. The smallest absolute Gasteiger partial charge is 0.0664 e. The van der Waals surface area contributed by atoms with Gasteiger partial charge in [-0.15, -0.1) is 0 Å². The summed E-state index contributed by atoms with van der Waals surface area (Å²) in [5, 5.41) is 0. The molecule has 0 radical (unpaired) electrons. The van der Waals surface area contributed by atoms with Gasteiger partial charge in [-0.1, -0.05) is 17.7 Å². The second kappa shape index (κ2) is 4.44. The van der Waals surface area contributed by atoms with Crippen LogP contribution in [0.2, 0.25) is 0 Å². The van der Waals surface area contributed by atoms with Crippen LogP contribution in [0.5, 0.6) is 0 Å². The lowest BCUT2D eigenvalue weighted by molar-refractivity contribution is 0.179. The summed E-state index contributed by atoms with van der Waals surface area (Å²) in [4.78, 5) is 2.20. The Bertz CT molecular complexity index is 341. The zero-order chi connectivity index (χ0) is 11.6. The van der Waals surface area contributed by atoms with Crippen LogP contribution >= 0.6 is 0 Å². The molecule has 1 saturated heterocycles. The first-order chi connectivity index (χ1) is 7.59. The van der Waals surface area contributed by atoms with Gasteiger partial charge < -0.3 is 15.4 Å². The first kappa shape index (κ1) is 11.4. The molecule has 0 bridgehead atoms. The van der Waals surface area contributed by atoms with Gasteiger partial charge in [0.15, 0.2) is 0 Å². The van der Waals surface area contributed by atoms with E-state index in [4.69, 9.17) is 10.5 Å². The van der Waals surface area contributed by atoms with Crippen LogP contribution in [-0.4, -0.2) is 32.3 Å². The lowest BCUT2D eigenvalue weighted by Crippen LogP contribution is -2.50. The number of nitrogens with two attached hydrogens (primary N) is 1. The zero-order valence-electron chi connectivity index (χ0n) is 10.1. The Labute approximate surface area is 97.2 Å². The van der Waals surface area contributed by atoms with Gasteiger partial charge in [0.05, 0.1) is 12.1 Å². The highest BCUT2D eigenvalue weighted by Gasteiger charge is 2.31. The van der Waals surface area contributed by atoms with E-state index >= 15 is 0 Å². The van der Waals surface area contributed by atoms with Crippen LogP contribution in [0, 0.1) is 6.92 Å². The van der Waals surface area contributed by atoms with Crippen molar-refractivity contribution in [3.05, 3.63) is 29.8 Å². The zero-order valence-corrected chi connectivity index (χ0v) is 10.1. The quantitative estimate of drug-likeness (QED) is 0.840. The minimum absolute atomic E-state index is 0.181. The van der Waals surface area contributed by atoms with Gasteiger partial charge >= 0.3 is 0 Å². The molecule has 0 amide bonds. The van der Waals surface area contributed by atoms with Crippen molar-refractivity contribution in [1.29, 1.82) is 0 Å². The van der Waals surface area contributed by atoms with Gasteiger partial charge in [0.2, 0.25) is 0 Å². The van der Waals surface area contributed by atoms with E-state index in [0.29, 0.717) is 6.61 Å². The molecule has 1 aliphatic rings. The van der Waals surface area contributed by atoms with E-state index in [1.807, 2.05) is 0 Å². The summed E-state index contributed by atoms with van der Waals surface area (Å²) >= 11 is 0. The molecule has 1 aromatic rings.